The highest BCUT2D eigenvalue weighted by Gasteiger charge is 2.21. The maximum absolute atomic E-state index is 6.46. The van der Waals surface area contributed by atoms with Gasteiger partial charge in [-0.2, -0.15) is 0 Å². The minimum Gasteiger partial charge on any atom is -0.456 e. The summed E-state index contributed by atoms with van der Waals surface area (Å²) in [4.78, 5) is 2.38. The summed E-state index contributed by atoms with van der Waals surface area (Å²) in [5, 5.41) is 7.32. The number of hydrogen-bond donors (Lipinski definition) is 0. The van der Waals surface area contributed by atoms with Crippen molar-refractivity contribution < 1.29 is 4.42 Å². The van der Waals surface area contributed by atoms with Gasteiger partial charge in [0, 0.05) is 59.5 Å². The second-order valence-corrected chi connectivity index (χ2v) is 15.1. The van der Waals surface area contributed by atoms with Crippen LogP contribution in [0.15, 0.2) is 205 Å². The summed E-state index contributed by atoms with van der Waals surface area (Å²) in [6, 6.07) is 72.2. The molecule has 0 radical (unpaired) electrons. The fraction of sp³-hybridized carbons (Fsp3) is 0. The highest BCUT2D eigenvalue weighted by molar-refractivity contribution is 7.26. The van der Waals surface area contributed by atoms with Crippen LogP contribution in [0, 0.1) is 0 Å². The van der Waals surface area contributed by atoms with Gasteiger partial charge in [-0.1, -0.05) is 146 Å². The molecule has 0 spiro atoms. The van der Waals surface area contributed by atoms with Gasteiger partial charge in [0.1, 0.15) is 11.2 Å². The van der Waals surface area contributed by atoms with Crippen LogP contribution in [0.1, 0.15) is 0 Å². The van der Waals surface area contributed by atoms with Gasteiger partial charge >= 0.3 is 0 Å². The number of thiophene rings is 1. The van der Waals surface area contributed by atoms with Crippen molar-refractivity contribution in [1.82, 2.24) is 0 Å². The molecule has 0 aliphatic carbocycles. The van der Waals surface area contributed by atoms with Crippen LogP contribution in [-0.2, 0) is 0 Å². The Balaban J connectivity index is 1.08. The van der Waals surface area contributed by atoms with Crippen molar-refractivity contribution in [3.63, 3.8) is 0 Å². The summed E-state index contributed by atoms with van der Waals surface area (Å²) < 4.78 is 9.05. The molecule has 9 aromatic carbocycles. The van der Waals surface area contributed by atoms with Crippen molar-refractivity contribution in [2.75, 3.05) is 4.90 Å². The van der Waals surface area contributed by atoms with Crippen molar-refractivity contribution in [1.29, 1.82) is 0 Å². The summed E-state index contributed by atoms with van der Waals surface area (Å²) in [6.45, 7) is 0. The first-order valence-electron chi connectivity index (χ1n) is 18.7. The monoisotopic (exact) mass is 719 g/mol. The van der Waals surface area contributed by atoms with Crippen LogP contribution in [0.4, 0.5) is 17.1 Å². The van der Waals surface area contributed by atoms with E-state index in [-0.39, 0.29) is 0 Å². The van der Waals surface area contributed by atoms with Crippen LogP contribution in [0.25, 0.3) is 86.3 Å². The van der Waals surface area contributed by atoms with Crippen LogP contribution in [0.3, 0.4) is 0 Å². The topological polar surface area (TPSA) is 16.4 Å². The molecule has 0 amide bonds. The number of anilines is 3. The predicted molar refractivity (Wildman–Crippen MR) is 235 cm³/mol. The van der Waals surface area contributed by atoms with Gasteiger partial charge in [-0.05, 0) is 81.6 Å². The van der Waals surface area contributed by atoms with E-state index < -0.39 is 0 Å². The zero-order valence-corrected chi connectivity index (χ0v) is 30.6. The van der Waals surface area contributed by atoms with Crippen LogP contribution in [0.5, 0.6) is 0 Å². The van der Waals surface area contributed by atoms with Gasteiger partial charge in [-0.25, -0.2) is 0 Å². The number of fused-ring (bicyclic) bond motifs is 7. The minimum absolute atomic E-state index is 0.869. The summed E-state index contributed by atoms with van der Waals surface area (Å²) in [5.41, 5.74) is 12.2. The Morgan fingerprint density at radius 3 is 1.85 bits per heavy atom. The Morgan fingerprint density at radius 1 is 0.364 bits per heavy atom. The Morgan fingerprint density at radius 2 is 0.982 bits per heavy atom. The lowest BCUT2D eigenvalue weighted by Crippen LogP contribution is -2.11. The Kier molecular flexibility index (Phi) is 7.39. The van der Waals surface area contributed by atoms with E-state index in [4.69, 9.17) is 4.42 Å². The third-order valence-electron chi connectivity index (χ3n) is 10.9. The summed E-state index contributed by atoms with van der Waals surface area (Å²) in [5.74, 6) is 0. The molecule has 0 aliphatic heterocycles. The largest absolute Gasteiger partial charge is 0.456 e. The van der Waals surface area contributed by atoms with E-state index in [1.165, 1.54) is 64.3 Å². The van der Waals surface area contributed by atoms with E-state index in [1.54, 1.807) is 0 Å². The maximum atomic E-state index is 6.46. The molecule has 11 aromatic rings. The van der Waals surface area contributed by atoms with E-state index in [0.29, 0.717) is 0 Å². The van der Waals surface area contributed by atoms with E-state index in [2.05, 4.69) is 193 Å². The lowest BCUT2D eigenvalue weighted by atomic mass is 9.93. The van der Waals surface area contributed by atoms with Crippen molar-refractivity contribution in [3.8, 4) is 33.4 Å². The molecule has 11 rings (SSSR count). The first-order valence-corrected chi connectivity index (χ1v) is 19.5. The third-order valence-corrected chi connectivity index (χ3v) is 12.1. The Hall–Kier alpha value is -6.94. The highest BCUT2D eigenvalue weighted by Crippen LogP contribution is 2.47. The van der Waals surface area contributed by atoms with Gasteiger partial charge in [0.2, 0.25) is 0 Å². The molecule has 0 fully saturated rings. The predicted octanol–water partition coefficient (Wildman–Crippen LogP) is 15.6. The molecule has 0 aliphatic rings. The zero-order chi connectivity index (χ0) is 36.3. The summed E-state index contributed by atoms with van der Waals surface area (Å²) in [7, 11) is 0. The van der Waals surface area contributed by atoms with Crippen LogP contribution in [-0.4, -0.2) is 0 Å². The van der Waals surface area contributed by atoms with Crippen molar-refractivity contribution in [3.05, 3.63) is 200 Å². The molecule has 0 unspecified atom stereocenters. The molecule has 3 heteroatoms. The van der Waals surface area contributed by atoms with Gasteiger partial charge in [0.15, 0.2) is 0 Å². The van der Waals surface area contributed by atoms with Crippen LogP contribution >= 0.6 is 11.3 Å². The van der Waals surface area contributed by atoms with Gasteiger partial charge in [-0.3, -0.25) is 0 Å². The second-order valence-electron chi connectivity index (χ2n) is 14.1. The van der Waals surface area contributed by atoms with Crippen LogP contribution in [0.2, 0.25) is 0 Å². The maximum Gasteiger partial charge on any atom is 0.137 e. The molecular weight excluding hydrogens is 687 g/mol. The third kappa shape index (κ3) is 5.32. The minimum atomic E-state index is 0.869. The molecule has 2 aromatic heterocycles. The van der Waals surface area contributed by atoms with Gasteiger partial charge < -0.3 is 9.32 Å². The lowest BCUT2D eigenvalue weighted by Gasteiger charge is -2.28. The number of benzene rings is 9. The Bertz CT molecular complexity index is 3220. The van der Waals surface area contributed by atoms with Crippen molar-refractivity contribution >= 4 is 81.3 Å². The fourth-order valence-electron chi connectivity index (χ4n) is 8.27. The zero-order valence-electron chi connectivity index (χ0n) is 29.8. The molecule has 0 saturated carbocycles. The quantitative estimate of drug-likeness (QED) is 0.170. The van der Waals surface area contributed by atoms with Crippen molar-refractivity contribution in [2.45, 2.75) is 0 Å². The lowest BCUT2D eigenvalue weighted by molar-refractivity contribution is 0.669. The number of nitrogens with zero attached hydrogens (tertiary/aromatic N) is 1. The first kappa shape index (κ1) is 31.6. The van der Waals surface area contributed by atoms with Crippen molar-refractivity contribution in [2.24, 2.45) is 0 Å². The molecule has 0 N–H and O–H groups in total. The molecule has 0 saturated heterocycles. The van der Waals surface area contributed by atoms with E-state index in [1.807, 2.05) is 23.5 Å². The molecule has 2 heterocycles. The SMILES string of the molecule is c1ccc(-c2ccc3ccccc3c2)c(-c2ccc(N(c3ccc4c(c3)oc3ccccc34)c3ccccc3-c3cccc4c3sc3ccccc34)cc2)c1. The van der Waals surface area contributed by atoms with Gasteiger partial charge in [0.05, 0.1) is 5.69 Å². The normalized spacial score (nSPS) is 11.6. The average molecular weight is 720 g/mol. The van der Waals surface area contributed by atoms with E-state index in [9.17, 15) is 0 Å². The van der Waals surface area contributed by atoms with Gasteiger partial charge in [-0.15, -0.1) is 11.3 Å². The molecule has 0 bridgehead atoms. The van der Waals surface area contributed by atoms with E-state index in [0.717, 1.165) is 39.0 Å². The van der Waals surface area contributed by atoms with E-state index >= 15 is 0 Å². The standard InChI is InChI=1S/C52H33NOS/c1-2-13-36-32-37(25-24-34(36)12-1)41-15-4-3-14-40(41)35-26-28-38(29-27-35)53(39-30-31-44-43-17-6-9-22-49(43)54-50(44)33-39)48-21-8-5-16-42(48)46-19-11-20-47-45-18-7-10-23-51(45)55-52(46)47/h1-33H. The molecule has 2 nitrogen and oxygen atoms in total. The fourth-order valence-corrected chi connectivity index (χ4v) is 9.50. The first-order chi connectivity index (χ1) is 27.3. The molecule has 55 heavy (non-hydrogen) atoms. The smallest absolute Gasteiger partial charge is 0.137 e. The highest BCUT2D eigenvalue weighted by atomic mass is 32.1. The van der Waals surface area contributed by atoms with Crippen LogP contribution < -0.4 is 4.90 Å². The molecular formula is C52H33NOS. The number of hydrogen-bond acceptors (Lipinski definition) is 3. The summed E-state index contributed by atoms with van der Waals surface area (Å²) in [6.07, 6.45) is 0. The molecule has 258 valence electrons. The number of furan rings is 1. The van der Waals surface area contributed by atoms with Gasteiger partial charge in [0.25, 0.3) is 0 Å². The number of para-hydroxylation sites is 2. The molecule has 0 atom stereocenters. The Labute approximate surface area is 322 Å². The number of rotatable bonds is 6. The summed E-state index contributed by atoms with van der Waals surface area (Å²) >= 11 is 1.87. The second kappa shape index (κ2) is 12.9. The average Bonchev–Trinajstić information content (AvgIpc) is 3.82.